The Kier molecular flexibility index (Phi) is 11.4. The van der Waals surface area contributed by atoms with Gasteiger partial charge in [0.2, 0.25) is 5.60 Å². The molecule has 0 spiro atoms. The van der Waals surface area contributed by atoms with Crippen LogP contribution in [0.3, 0.4) is 0 Å². The second-order valence-electron chi connectivity index (χ2n) is 14.5. The molecular formula is C39H54O6. The molecule has 3 rings (SSSR count). The highest BCUT2D eigenvalue weighted by Crippen LogP contribution is 2.67. The van der Waals surface area contributed by atoms with Gasteiger partial charge < -0.3 is 14.6 Å². The number of hydrogen-bond donors (Lipinski definition) is 1. The number of aliphatic hydroxyl groups is 1. The van der Waals surface area contributed by atoms with E-state index in [1.165, 1.54) is 12.7 Å². The van der Waals surface area contributed by atoms with Crippen LogP contribution in [0.4, 0.5) is 0 Å². The molecule has 2 fully saturated rings. The van der Waals surface area contributed by atoms with E-state index in [1.807, 2.05) is 60.6 Å². The predicted octanol–water partition coefficient (Wildman–Crippen LogP) is 8.51. The number of esters is 1. The largest absolute Gasteiger partial charge is 0.467 e. The number of Topliss-reactive ketones (excluding diaryl/α,β-unsaturated/α-hetero) is 2. The van der Waals surface area contributed by atoms with E-state index in [0.717, 1.165) is 29.6 Å². The van der Waals surface area contributed by atoms with Gasteiger partial charge in [-0.3, -0.25) is 9.59 Å². The normalized spacial score (nSPS) is 29.0. The van der Waals surface area contributed by atoms with Crippen LogP contribution in [-0.4, -0.2) is 41.1 Å². The van der Waals surface area contributed by atoms with Crippen molar-refractivity contribution in [3.63, 3.8) is 0 Å². The van der Waals surface area contributed by atoms with E-state index >= 15 is 4.79 Å². The summed E-state index contributed by atoms with van der Waals surface area (Å²) in [5.74, 6) is -5.27. The van der Waals surface area contributed by atoms with Crippen LogP contribution in [0.5, 0.6) is 0 Å². The topological polar surface area (TPSA) is 89.9 Å². The summed E-state index contributed by atoms with van der Waals surface area (Å²) >= 11 is 0. The molecule has 0 radical (unpaired) electrons. The van der Waals surface area contributed by atoms with Crippen molar-refractivity contribution < 1.29 is 29.0 Å². The summed E-state index contributed by atoms with van der Waals surface area (Å²) < 4.78 is 11.8. The molecule has 6 nitrogen and oxygen atoms in total. The molecule has 1 aliphatic heterocycles. The van der Waals surface area contributed by atoms with Gasteiger partial charge in [-0.2, -0.15) is 0 Å². The van der Waals surface area contributed by atoms with Gasteiger partial charge in [-0.15, -0.1) is 0 Å². The number of rotatable bonds is 12. The second kappa shape index (κ2) is 14.1. The van der Waals surface area contributed by atoms with Crippen molar-refractivity contribution in [1.29, 1.82) is 0 Å². The summed E-state index contributed by atoms with van der Waals surface area (Å²) in [5.41, 5.74) is 0.264. The Hall–Kier alpha value is -3.09. The fourth-order valence-electron chi connectivity index (χ4n) is 7.23. The Morgan fingerprint density at radius 1 is 0.911 bits per heavy atom. The fraction of sp³-hybridized carbons (Fsp3) is 0.564. The van der Waals surface area contributed by atoms with Crippen LogP contribution in [0.15, 0.2) is 76.9 Å². The smallest absolute Gasteiger partial charge is 0.346 e. The highest BCUT2D eigenvalue weighted by Gasteiger charge is 2.80. The minimum Gasteiger partial charge on any atom is -0.467 e. The third-order valence-corrected chi connectivity index (χ3v) is 9.93. The van der Waals surface area contributed by atoms with Crippen molar-refractivity contribution in [1.82, 2.24) is 0 Å². The van der Waals surface area contributed by atoms with Gasteiger partial charge in [0.25, 0.3) is 0 Å². The third kappa shape index (κ3) is 7.02. The maximum Gasteiger partial charge on any atom is 0.346 e. The number of carbonyl (C=O) groups excluding carboxylic acids is 3. The number of methoxy groups -OCH3 is 1. The van der Waals surface area contributed by atoms with Gasteiger partial charge in [0.15, 0.2) is 17.4 Å². The van der Waals surface area contributed by atoms with Gasteiger partial charge in [0.05, 0.1) is 18.4 Å². The van der Waals surface area contributed by atoms with Crippen LogP contribution in [0, 0.1) is 22.7 Å². The first-order chi connectivity index (χ1) is 21.0. The number of benzene rings is 1. The van der Waals surface area contributed by atoms with Crippen LogP contribution >= 0.6 is 0 Å². The lowest BCUT2D eigenvalue weighted by Crippen LogP contribution is -2.65. The van der Waals surface area contributed by atoms with E-state index in [-0.39, 0.29) is 31.0 Å². The van der Waals surface area contributed by atoms with E-state index in [0.29, 0.717) is 12.0 Å². The fourth-order valence-corrected chi connectivity index (χ4v) is 7.23. The molecule has 1 aromatic carbocycles. The van der Waals surface area contributed by atoms with Gasteiger partial charge >= 0.3 is 5.97 Å². The Morgan fingerprint density at radius 2 is 1.51 bits per heavy atom. The van der Waals surface area contributed by atoms with Crippen molar-refractivity contribution >= 4 is 17.5 Å². The first-order valence-electron chi connectivity index (χ1n) is 16.2. The molecule has 5 atom stereocenters. The van der Waals surface area contributed by atoms with Crippen LogP contribution in [0.25, 0.3) is 0 Å². The molecule has 0 aromatic heterocycles. The number of allylic oxidation sites excluding steroid dienone is 7. The molecule has 45 heavy (non-hydrogen) atoms. The standard InChI is InChI=1S/C39H54O6/c1-26(2)15-14-16-29(7)22-23-37-25-31(20-19-27(3)4)36(8,9)33(32(40)30-17-12-11-13-18-30)39(37,43)45-38(34(37)41,35(42)44-10)24-21-28(5)6/h11-13,15,17-19,21-22,31,33,43H,14,16,20,23-25H2,1-10H3/b29-22+/t31-,33-,37-,38+,39-/m0/s1. The molecule has 246 valence electrons. The van der Waals surface area contributed by atoms with E-state index in [2.05, 4.69) is 26.0 Å². The van der Waals surface area contributed by atoms with Crippen molar-refractivity contribution in [3.8, 4) is 0 Å². The van der Waals surface area contributed by atoms with Crippen LogP contribution in [0.2, 0.25) is 0 Å². The Balaban J connectivity index is 2.37. The Labute approximate surface area is 270 Å². The molecule has 6 heteroatoms. The minimum absolute atomic E-state index is 0.0977. The number of ether oxygens (including phenoxy) is 2. The summed E-state index contributed by atoms with van der Waals surface area (Å²) in [6.07, 6.45) is 10.6. The maximum atomic E-state index is 15.1. The van der Waals surface area contributed by atoms with Gasteiger partial charge in [0.1, 0.15) is 0 Å². The zero-order valence-corrected chi connectivity index (χ0v) is 29.1. The summed E-state index contributed by atoms with van der Waals surface area (Å²) in [6.45, 7) is 17.9. The summed E-state index contributed by atoms with van der Waals surface area (Å²) in [7, 11) is 1.23. The molecule has 0 unspecified atom stereocenters. The predicted molar refractivity (Wildman–Crippen MR) is 180 cm³/mol. The highest BCUT2D eigenvalue weighted by atomic mass is 16.7. The van der Waals surface area contributed by atoms with Crippen molar-refractivity contribution in [2.75, 3.05) is 7.11 Å². The SMILES string of the molecule is COC(=O)[C@]1(CC=C(C)C)O[C@@]2(O)[C@@H](C(=O)c3ccccc3)C(C)(C)[C@@H](CC=C(C)C)C[C@@]2(C/C=C(\C)CCC=C(C)C)C1=O. The van der Waals surface area contributed by atoms with Crippen LogP contribution < -0.4 is 0 Å². The summed E-state index contributed by atoms with van der Waals surface area (Å²) in [4.78, 5) is 43.5. The van der Waals surface area contributed by atoms with E-state index in [9.17, 15) is 14.7 Å². The monoisotopic (exact) mass is 618 g/mol. The Bertz CT molecular complexity index is 1380. The lowest BCUT2D eigenvalue weighted by atomic mass is 9.47. The third-order valence-electron chi connectivity index (χ3n) is 9.93. The first-order valence-corrected chi connectivity index (χ1v) is 16.2. The lowest BCUT2D eigenvalue weighted by Gasteiger charge is -2.57. The van der Waals surface area contributed by atoms with Crippen LogP contribution in [0.1, 0.15) is 111 Å². The average molecular weight is 619 g/mol. The van der Waals surface area contributed by atoms with E-state index in [4.69, 9.17) is 9.47 Å². The number of hydrogen-bond acceptors (Lipinski definition) is 6. The molecule has 0 amide bonds. The Morgan fingerprint density at radius 3 is 2.07 bits per heavy atom. The van der Waals surface area contributed by atoms with E-state index < -0.39 is 39.9 Å². The number of fused-ring (bicyclic) bond motifs is 1. The molecule has 1 saturated carbocycles. The summed E-state index contributed by atoms with van der Waals surface area (Å²) in [5, 5.41) is 13.1. The van der Waals surface area contributed by atoms with Crippen molar-refractivity contribution in [2.45, 2.75) is 112 Å². The second-order valence-corrected chi connectivity index (χ2v) is 14.5. The molecule has 2 aliphatic rings. The van der Waals surface area contributed by atoms with E-state index in [1.54, 1.807) is 30.3 Å². The molecular weight excluding hydrogens is 564 g/mol. The zero-order valence-electron chi connectivity index (χ0n) is 29.1. The minimum atomic E-state index is -2.28. The van der Waals surface area contributed by atoms with Crippen molar-refractivity contribution in [3.05, 3.63) is 82.5 Å². The number of carbonyl (C=O) groups is 3. The summed E-state index contributed by atoms with van der Waals surface area (Å²) in [6, 6.07) is 8.86. The van der Waals surface area contributed by atoms with Crippen LogP contribution in [-0.2, 0) is 19.1 Å². The van der Waals surface area contributed by atoms with Gasteiger partial charge in [0, 0.05) is 12.0 Å². The van der Waals surface area contributed by atoms with Crippen molar-refractivity contribution in [2.24, 2.45) is 22.7 Å². The highest BCUT2D eigenvalue weighted by molar-refractivity contribution is 6.13. The molecule has 1 heterocycles. The quantitative estimate of drug-likeness (QED) is 0.109. The van der Waals surface area contributed by atoms with Gasteiger partial charge in [-0.05, 0) is 91.9 Å². The average Bonchev–Trinajstić information content (AvgIpc) is 3.16. The molecule has 1 N–H and O–H groups in total. The lowest BCUT2D eigenvalue weighted by molar-refractivity contribution is -0.314. The van der Waals surface area contributed by atoms with Gasteiger partial charge in [-0.1, -0.05) is 90.8 Å². The molecule has 1 aromatic rings. The maximum absolute atomic E-state index is 15.1. The molecule has 1 saturated heterocycles. The first kappa shape index (κ1) is 36.4. The molecule has 0 bridgehead atoms. The zero-order chi connectivity index (χ0) is 33.8. The molecule has 1 aliphatic carbocycles. The van der Waals surface area contributed by atoms with Gasteiger partial charge in [-0.25, -0.2) is 4.79 Å². The number of ketones is 2.